The molecule has 17 heavy (non-hydrogen) atoms. The van der Waals surface area contributed by atoms with Gasteiger partial charge in [0.2, 0.25) is 0 Å². The van der Waals surface area contributed by atoms with E-state index in [1.54, 1.807) is 0 Å². The van der Waals surface area contributed by atoms with Gasteiger partial charge in [-0.05, 0) is 37.5 Å². The van der Waals surface area contributed by atoms with Gasteiger partial charge in [0.1, 0.15) is 0 Å². The fourth-order valence-electron chi connectivity index (χ4n) is 2.06. The molecule has 4 nitrogen and oxygen atoms in total. The molecule has 0 saturated heterocycles. The molecule has 0 atom stereocenters. The molecule has 1 saturated carbocycles. The monoisotopic (exact) mass is 240 g/mol. The fourth-order valence-corrected chi connectivity index (χ4v) is 2.06. The highest BCUT2D eigenvalue weighted by molar-refractivity contribution is 5.81. The molecule has 0 N–H and O–H groups in total. The van der Waals surface area contributed by atoms with Crippen LogP contribution in [0.2, 0.25) is 0 Å². The molecule has 1 rings (SSSR count). The molecule has 4 heteroatoms. The van der Waals surface area contributed by atoms with Crippen molar-refractivity contribution in [3.8, 4) is 0 Å². The van der Waals surface area contributed by atoms with Gasteiger partial charge in [0.05, 0.1) is 13.2 Å². The standard InChI is InChI=1S/C13H20O4/c1-3-13(15)17-9-12-6-4-11(5-7-12)8-16-10(2)14/h3,11-12H,1,4-9H2,2H3. The zero-order chi connectivity index (χ0) is 12.7. The highest BCUT2D eigenvalue weighted by Gasteiger charge is 2.22. The van der Waals surface area contributed by atoms with Gasteiger partial charge in [-0.1, -0.05) is 6.58 Å². The molecule has 0 heterocycles. The summed E-state index contributed by atoms with van der Waals surface area (Å²) in [6.45, 7) is 5.78. The van der Waals surface area contributed by atoms with Crippen LogP contribution in [0.25, 0.3) is 0 Å². The summed E-state index contributed by atoms with van der Waals surface area (Å²) in [7, 11) is 0. The van der Waals surface area contributed by atoms with Crippen LogP contribution in [0.1, 0.15) is 32.6 Å². The lowest BCUT2D eigenvalue weighted by Gasteiger charge is -2.27. The van der Waals surface area contributed by atoms with Gasteiger partial charge in [-0.2, -0.15) is 0 Å². The third kappa shape index (κ3) is 5.52. The Bertz CT molecular complexity index is 277. The summed E-state index contributed by atoms with van der Waals surface area (Å²) >= 11 is 0. The first-order chi connectivity index (χ1) is 8.11. The second-order valence-corrected chi connectivity index (χ2v) is 4.52. The van der Waals surface area contributed by atoms with Gasteiger partial charge < -0.3 is 9.47 Å². The van der Waals surface area contributed by atoms with Crippen molar-refractivity contribution in [1.29, 1.82) is 0 Å². The van der Waals surface area contributed by atoms with Gasteiger partial charge in [0, 0.05) is 13.0 Å². The van der Waals surface area contributed by atoms with E-state index in [2.05, 4.69) is 6.58 Å². The number of hydrogen-bond acceptors (Lipinski definition) is 4. The van der Waals surface area contributed by atoms with Gasteiger partial charge in [0.25, 0.3) is 0 Å². The van der Waals surface area contributed by atoms with Crippen molar-refractivity contribution >= 4 is 11.9 Å². The highest BCUT2D eigenvalue weighted by atomic mass is 16.5. The number of hydrogen-bond donors (Lipinski definition) is 0. The van der Waals surface area contributed by atoms with Crippen LogP contribution in [0.3, 0.4) is 0 Å². The molecule has 0 unspecified atom stereocenters. The van der Waals surface area contributed by atoms with Crippen molar-refractivity contribution in [3.05, 3.63) is 12.7 Å². The van der Waals surface area contributed by atoms with Crippen molar-refractivity contribution in [2.45, 2.75) is 32.6 Å². The maximum Gasteiger partial charge on any atom is 0.330 e. The Morgan fingerprint density at radius 3 is 2.00 bits per heavy atom. The topological polar surface area (TPSA) is 52.6 Å². The van der Waals surface area contributed by atoms with E-state index in [9.17, 15) is 9.59 Å². The molecular weight excluding hydrogens is 220 g/mol. The van der Waals surface area contributed by atoms with E-state index in [4.69, 9.17) is 9.47 Å². The summed E-state index contributed by atoms with van der Waals surface area (Å²) in [4.78, 5) is 21.6. The Labute approximate surface area is 102 Å². The van der Waals surface area contributed by atoms with Gasteiger partial charge in [0.15, 0.2) is 0 Å². The molecule has 0 radical (unpaired) electrons. The lowest BCUT2D eigenvalue weighted by molar-refractivity contribution is -0.143. The molecule has 0 aromatic rings. The van der Waals surface area contributed by atoms with Crippen LogP contribution >= 0.6 is 0 Å². The minimum Gasteiger partial charge on any atom is -0.466 e. The molecule has 0 bridgehead atoms. The maximum atomic E-state index is 10.9. The summed E-state index contributed by atoms with van der Waals surface area (Å²) in [5.41, 5.74) is 0. The molecular formula is C13H20O4. The molecule has 1 fully saturated rings. The van der Waals surface area contributed by atoms with Crippen molar-refractivity contribution in [3.63, 3.8) is 0 Å². The zero-order valence-electron chi connectivity index (χ0n) is 10.3. The van der Waals surface area contributed by atoms with Crippen molar-refractivity contribution < 1.29 is 19.1 Å². The second-order valence-electron chi connectivity index (χ2n) is 4.52. The Hall–Kier alpha value is -1.32. The fraction of sp³-hybridized carbons (Fsp3) is 0.692. The SMILES string of the molecule is C=CC(=O)OCC1CCC(COC(C)=O)CC1. The normalized spacial score (nSPS) is 23.8. The average Bonchev–Trinajstić information content (AvgIpc) is 2.34. The molecule has 0 spiro atoms. The molecule has 0 aliphatic heterocycles. The molecule has 0 amide bonds. The summed E-state index contributed by atoms with van der Waals surface area (Å²) in [5, 5.41) is 0. The van der Waals surface area contributed by atoms with E-state index in [-0.39, 0.29) is 11.9 Å². The average molecular weight is 240 g/mol. The first-order valence-corrected chi connectivity index (χ1v) is 6.04. The van der Waals surface area contributed by atoms with E-state index in [0.717, 1.165) is 25.7 Å². The van der Waals surface area contributed by atoms with Crippen LogP contribution in [-0.4, -0.2) is 25.2 Å². The Morgan fingerprint density at radius 1 is 1.12 bits per heavy atom. The molecule has 0 aromatic heterocycles. The van der Waals surface area contributed by atoms with E-state index in [1.807, 2.05) is 0 Å². The van der Waals surface area contributed by atoms with Crippen molar-refractivity contribution in [2.24, 2.45) is 11.8 Å². The third-order valence-electron chi connectivity index (χ3n) is 3.12. The van der Waals surface area contributed by atoms with Crippen LogP contribution in [0.4, 0.5) is 0 Å². The minimum absolute atomic E-state index is 0.216. The first-order valence-electron chi connectivity index (χ1n) is 6.04. The lowest BCUT2D eigenvalue weighted by Crippen LogP contribution is -2.23. The molecule has 0 aromatic carbocycles. The van der Waals surface area contributed by atoms with Gasteiger partial charge in [-0.15, -0.1) is 0 Å². The predicted molar refractivity (Wildman–Crippen MR) is 63.2 cm³/mol. The van der Waals surface area contributed by atoms with Gasteiger partial charge in [-0.25, -0.2) is 4.79 Å². The summed E-state index contributed by atoms with van der Waals surface area (Å²) in [6, 6.07) is 0. The second kappa shape index (κ2) is 7.09. The van der Waals surface area contributed by atoms with Crippen LogP contribution in [0, 0.1) is 11.8 Å². The largest absolute Gasteiger partial charge is 0.466 e. The Morgan fingerprint density at radius 2 is 1.59 bits per heavy atom. The van der Waals surface area contributed by atoms with Gasteiger partial charge >= 0.3 is 11.9 Å². The van der Waals surface area contributed by atoms with E-state index < -0.39 is 0 Å². The zero-order valence-corrected chi connectivity index (χ0v) is 10.3. The van der Waals surface area contributed by atoms with Crippen molar-refractivity contribution in [1.82, 2.24) is 0 Å². The quantitative estimate of drug-likeness (QED) is 0.545. The molecule has 1 aliphatic carbocycles. The maximum absolute atomic E-state index is 10.9. The van der Waals surface area contributed by atoms with Crippen LogP contribution in [0.15, 0.2) is 12.7 Å². The number of rotatable bonds is 5. The summed E-state index contributed by atoms with van der Waals surface area (Å²) in [6.07, 6.45) is 5.30. The van der Waals surface area contributed by atoms with Gasteiger partial charge in [-0.3, -0.25) is 4.79 Å². The van der Waals surface area contributed by atoms with E-state index in [0.29, 0.717) is 25.0 Å². The number of carbonyl (C=O) groups is 2. The van der Waals surface area contributed by atoms with Crippen LogP contribution in [0.5, 0.6) is 0 Å². The van der Waals surface area contributed by atoms with Crippen LogP contribution in [-0.2, 0) is 19.1 Å². The summed E-state index contributed by atoms with van der Waals surface area (Å²) < 4.78 is 10.0. The predicted octanol–water partition coefficient (Wildman–Crippen LogP) is 2.09. The van der Waals surface area contributed by atoms with Crippen molar-refractivity contribution in [2.75, 3.05) is 13.2 Å². The third-order valence-corrected chi connectivity index (χ3v) is 3.12. The number of carbonyl (C=O) groups excluding carboxylic acids is 2. The molecule has 1 aliphatic rings. The minimum atomic E-state index is -0.355. The highest BCUT2D eigenvalue weighted by Crippen LogP contribution is 2.29. The number of esters is 2. The Kier molecular flexibility index (Phi) is 5.73. The summed E-state index contributed by atoms with van der Waals surface area (Å²) in [5.74, 6) is 0.330. The van der Waals surface area contributed by atoms with E-state index in [1.165, 1.54) is 13.0 Å². The first kappa shape index (κ1) is 13.7. The lowest BCUT2D eigenvalue weighted by atomic mass is 9.83. The van der Waals surface area contributed by atoms with Crippen LogP contribution < -0.4 is 0 Å². The molecule has 96 valence electrons. The van der Waals surface area contributed by atoms with E-state index >= 15 is 0 Å². The number of ether oxygens (including phenoxy) is 2. The Balaban J connectivity index is 2.15. The smallest absolute Gasteiger partial charge is 0.330 e.